The van der Waals surface area contributed by atoms with Crippen molar-refractivity contribution in [3.8, 4) is 0 Å². The van der Waals surface area contributed by atoms with Gasteiger partial charge in [0.1, 0.15) is 11.1 Å². The molecule has 0 spiro atoms. The predicted molar refractivity (Wildman–Crippen MR) is 79.8 cm³/mol. The minimum absolute atomic E-state index is 0.0438. The Bertz CT molecular complexity index is 596. The molecule has 10 heteroatoms. The van der Waals surface area contributed by atoms with Gasteiger partial charge in [-0.15, -0.1) is 0 Å². The summed E-state index contributed by atoms with van der Waals surface area (Å²) in [6.45, 7) is -0.0877. The molecule has 0 atom stereocenters. The molecule has 0 N–H and O–H groups in total. The van der Waals surface area contributed by atoms with E-state index < -0.39 is 46.2 Å². The zero-order valence-corrected chi connectivity index (χ0v) is 13.5. The van der Waals surface area contributed by atoms with Crippen LogP contribution in [0.25, 0.3) is 0 Å². The number of nitrogens with zero attached hydrogens (tertiary/aromatic N) is 4. The zero-order chi connectivity index (χ0) is 18.2. The molecule has 0 aromatic heterocycles. The lowest BCUT2D eigenvalue weighted by Gasteiger charge is -2.26. The highest BCUT2D eigenvalue weighted by Crippen LogP contribution is 2.60. The molecule has 2 aliphatic heterocycles. The van der Waals surface area contributed by atoms with Gasteiger partial charge in [-0.3, -0.25) is 0 Å². The molecule has 1 aromatic rings. The lowest BCUT2D eigenvalue weighted by atomic mass is 9.99. The number of hydrogen-bond acceptors (Lipinski definition) is 4. The summed E-state index contributed by atoms with van der Waals surface area (Å²) in [7, 11) is 5.46. The molecule has 2 aliphatic rings. The molecule has 1 aromatic carbocycles. The Labute approximate surface area is 134 Å². The van der Waals surface area contributed by atoms with Crippen molar-refractivity contribution < 1.29 is 26.3 Å². The third-order valence-electron chi connectivity index (χ3n) is 4.34. The summed E-state index contributed by atoms with van der Waals surface area (Å²) < 4.78 is 82.5. The second-order valence-corrected chi connectivity index (χ2v) is 6.21. The summed E-state index contributed by atoms with van der Waals surface area (Å²) in [4.78, 5) is 4.83. The molecule has 0 amide bonds. The van der Waals surface area contributed by atoms with Crippen molar-refractivity contribution in [2.24, 2.45) is 0 Å². The van der Waals surface area contributed by atoms with Crippen LogP contribution in [0, 0.1) is 0 Å². The molecule has 2 heterocycles. The molecule has 0 aliphatic carbocycles. The van der Waals surface area contributed by atoms with Crippen LogP contribution in [0.15, 0.2) is 0 Å². The Morgan fingerprint density at radius 2 is 0.750 bits per heavy atom. The zero-order valence-electron chi connectivity index (χ0n) is 13.5. The second kappa shape index (κ2) is 4.76. The number of fused-ring (bicyclic) bond motifs is 2. The number of anilines is 4. The van der Waals surface area contributed by atoms with Gasteiger partial charge in [0.15, 0.2) is 0 Å². The smallest absolute Gasteiger partial charge is 0.355 e. The maximum atomic E-state index is 13.8. The monoisotopic (exact) mass is 354 g/mol. The normalized spacial score (nSPS) is 17.8. The Hall–Kier alpha value is -2.00. The molecule has 0 unspecified atom stereocenters. The number of rotatable bonds is 0. The number of benzene rings is 1. The maximum absolute atomic E-state index is 13.8. The molecule has 134 valence electrons. The van der Waals surface area contributed by atoms with Crippen LogP contribution in [0.5, 0.6) is 0 Å². The first-order valence-electron chi connectivity index (χ1n) is 7.08. The molecule has 0 bridgehead atoms. The summed E-state index contributed by atoms with van der Waals surface area (Å²) in [5, 5.41) is 0. The van der Waals surface area contributed by atoms with Gasteiger partial charge in [-0.05, 0) is 0 Å². The SMILES string of the molecule is CN1CN(C)c2c1c(C(F)(F)F)c1c(c2C(F)(F)F)N(C)CN1C. The van der Waals surface area contributed by atoms with Crippen molar-refractivity contribution in [1.29, 1.82) is 0 Å². The first-order chi connectivity index (χ1) is 10.9. The fraction of sp³-hybridized carbons (Fsp3) is 0.571. The van der Waals surface area contributed by atoms with E-state index in [9.17, 15) is 26.3 Å². The van der Waals surface area contributed by atoms with E-state index in [1.807, 2.05) is 0 Å². The molecule has 3 rings (SSSR count). The molecular formula is C14H16F6N4. The van der Waals surface area contributed by atoms with Gasteiger partial charge in [0, 0.05) is 28.2 Å². The van der Waals surface area contributed by atoms with E-state index in [1.165, 1.54) is 47.8 Å². The van der Waals surface area contributed by atoms with E-state index in [0.717, 1.165) is 0 Å². The average molecular weight is 354 g/mol. The first kappa shape index (κ1) is 16.8. The van der Waals surface area contributed by atoms with Gasteiger partial charge >= 0.3 is 12.4 Å². The van der Waals surface area contributed by atoms with Gasteiger partial charge in [-0.25, -0.2) is 0 Å². The van der Waals surface area contributed by atoms with Crippen LogP contribution in [0.3, 0.4) is 0 Å². The quantitative estimate of drug-likeness (QED) is 0.662. The molecule has 4 nitrogen and oxygen atoms in total. The molecule has 0 saturated carbocycles. The highest BCUT2D eigenvalue weighted by Gasteiger charge is 2.52. The van der Waals surface area contributed by atoms with Crippen LogP contribution in [-0.2, 0) is 12.4 Å². The predicted octanol–water partition coefficient (Wildman–Crippen LogP) is 3.41. The second-order valence-electron chi connectivity index (χ2n) is 6.21. The molecular weight excluding hydrogens is 338 g/mol. The molecule has 0 fully saturated rings. The fourth-order valence-corrected chi connectivity index (χ4v) is 3.64. The Morgan fingerprint density at radius 1 is 0.542 bits per heavy atom. The third kappa shape index (κ3) is 2.15. The number of hydrogen-bond donors (Lipinski definition) is 0. The molecule has 0 radical (unpaired) electrons. The Kier molecular flexibility index (Phi) is 3.34. The number of alkyl halides is 6. The summed E-state index contributed by atoms with van der Waals surface area (Å²) in [5.41, 5.74) is -3.70. The van der Waals surface area contributed by atoms with Gasteiger partial charge in [-0.1, -0.05) is 0 Å². The lowest BCUT2D eigenvalue weighted by molar-refractivity contribution is -0.139. The Morgan fingerprint density at radius 3 is 0.917 bits per heavy atom. The van der Waals surface area contributed by atoms with Crippen molar-refractivity contribution in [2.45, 2.75) is 12.4 Å². The van der Waals surface area contributed by atoms with Gasteiger partial charge in [0.2, 0.25) is 0 Å². The average Bonchev–Trinajstić information content (AvgIpc) is 2.84. The van der Waals surface area contributed by atoms with Crippen LogP contribution >= 0.6 is 0 Å². The van der Waals surface area contributed by atoms with E-state index in [2.05, 4.69) is 0 Å². The van der Waals surface area contributed by atoms with Crippen LogP contribution in [0.4, 0.5) is 49.1 Å². The highest BCUT2D eigenvalue weighted by molar-refractivity contribution is 5.98. The number of halogens is 6. The fourth-order valence-electron chi connectivity index (χ4n) is 3.64. The van der Waals surface area contributed by atoms with Crippen LogP contribution in [-0.4, -0.2) is 41.5 Å². The van der Waals surface area contributed by atoms with E-state index in [4.69, 9.17) is 0 Å². The van der Waals surface area contributed by atoms with Crippen LogP contribution in [0.2, 0.25) is 0 Å². The Balaban J connectivity index is 2.53. The third-order valence-corrected chi connectivity index (χ3v) is 4.34. The maximum Gasteiger partial charge on any atom is 0.420 e. The van der Waals surface area contributed by atoms with Crippen molar-refractivity contribution in [2.75, 3.05) is 61.1 Å². The highest BCUT2D eigenvalue weighted by atomic mass is 19.4. The van der Waals surface area contributed by atoms with Crippen molar-refractivity contribution in [3.05, 3.63) is 11.1 Å². The molecule has 24 heavy (non-hydrogen) atoms. The van der Waals surface area contributed by atoms with E-state index in [0.29, 0.717) is 0 Å². The van der Waals surface area contributed by atoms with Gasteiger partial charge in [-0.2, -0.15) is 26.3 Å². The van der Waals surface area contributed by atoms with Gasteiger partial charge in [0.25, 0.3) is 0 Å². The largest absolute Gasteiger partial charge is 0.420 e. The lowest BCUT2D eigenvalue weighted by Crippen LogP contribution is -2.27. The summed E-state index contributed by atoms with van der Waals surface area (Å²) in [6.07, 6.45) is -9.53. The minimum atomic E-state index is -4.77. The van der Waals surface area contributed by atoms with E-state index >= 15 is 0 Å². The van der Waals surface area contributed by atoms with Crippen LogP contribution in [0.1, 0.15) is 11.1 Å². The van der Waals surface area contributed by atoms with E-state index in [1.54, 1.807) is 0 Å². The topological polar surface area (TPSA) is 13.0 Å². The van der Waals surface area contributed by atoms with Crippen LogP contribution < -0.4 is 19.6 Å². The van der Waals surface area contributed by atoms with Gasteiger partial charge in [0.05, 0.1) is 36.1 Å². The molecule has 0 saturated heterocycles. The van der Waals surface area contributed by atoms with Crippen molar-refractivity contribution >= 4 is 22.7 Å². The van der Waals surface area contributed by atoms with Crippen molar-refractivity contribution in [1.82, 2.24) is 0 Å². The van der Waals surface area contributed by atoms with Crippen molar-refractivity contribution in [3.63, 3.8) is 0 Å². The van der Waals surface area contributed by atoms with Gasteiger partial charge < -0.3 is 19.6 Å². The standard InChI is InChI=1S/C14H16F6N4/c1-21-5-22(2)10-8(14(18,19)20)12-11(23(3)6-24(12)4)7(9(10)21)13(15,16)17/h5-6H2,1-4H3. The van der Waals surface area contributed by atoms with E-state index in [-0.39, 0.29) is 13.3 Å². The summed E-state index contributed by atoms with van der Waals surface area (Å²) in [5.74, 6) is 0. The first-order valence-corrected chi connectivity index (χ1v) is 7.08. The summed E-state index contributed by atoms with van der Waals surface area (Å²) in [6, 6.07) is 0. The minimum Gasteiger partial charge on any atom is -0.355 e. The summed E-state index contributed by atoms with van der Waals surface area (Å²) >= 11 is 0.